The van der Waals surface area contributed by atoms with Gasteiger partial charge in [-0.25, -0.2) is 9.50 Å². The van der Waals surface area contributed by atoms with Crippen LogP contribution in [-0.2, 0) is 19.4 Å². The molecule has 0 saturated carbocycles. The van der Waals surface area contributed by atoms with E-state index in [0.29, 0.717) is 17.8 Å². The zero-order valence-corrected chi connectivity index (χ0v) is 12.9. The molecule has 4 rings (SSSR count). The number of aryl methyl sites for hydroxylation is 2. The first-order chi connectivity index (χ1) is 10.8. The summed E-state index contributed by atoms with van der Waals surface area (Å²) < 4.78 is 1.84. The van der Waals surface area contributed by atoms with Crippen molar-refractivity contribution >= 4 is 22.9 Å². The fourth-order valence-corrected chi connectivity index (χ4v) is 3.58. The second-order valence-corrected chi connectivity index (χ2v) is 6.53. The van der Waals surface area contributed by atoms with Gasteiger partial charge in [0.25, 0.3) is 5.91 Å². The third-order valence-corrected chi connectivity index (χ3v) is 4.95. The lowest BCUT2D eigenvalue weighted by Gasteiger charge is -2.15. The van der Waals surface area contributed by atoms with Gasteiger partial charge in [0.2, 0.25) is 0 Å². The number of nitrogens with zero attached hydrogens (tertiary/aromatic N) is 3. The van der Waals surface area contributed by atoms with Gasteiger partial charge in [0, 0.05) is 16.8 Å². The first kappa shape index (κ1) is 13.5. The molecule has 1 N–H and O–H groups in total. The van der Waals surface area contributed by atoms with E-state index in [4.69, 9.17) is 0 Å². The van der Waals surface area contributed by atoms with Crippen molar-refractivity contribution in [2.45, 2.75) is 32.2 Å². The monoisotopic (exact) mass is 312 g/mol. The van der Waals surface area contributed by atoms with Gasteiger partial charge in [0.05, 0.1) is 12.7 Å². The number of nitrogens with one attached hydrogen (secondary N) is 1. The fraction of sp³-hybridized carbons (Fsp3) is 0.312. The van der Waals surface area contributed by atoms with Crippen LogP contribution in [0.1, 0.15) is 39.3 Å². The van der Waals surface area contributed by atoms with E-state index in [1.54, 1.807) is 17.5 Å². The highest BCUT2D eigenvalue weighted by molar-refractivity contribution is 7.09. The Kier molecular flexibility index (Phi) is 3.38. The molecule has 112 valence electrons. The van der Waals surface area contributed by atoms with Crippen LogP contribution in [0, 0.1) is 0 Å². The van der Waals surface area contributed by atoms with Gasteiger partial charge >= 0.3 is 0 Å². The molecule has 0 spiro atoms. The first-order valence-corrected chi connectivity index (χ1v) is 8.36. The van der Waals surface area contributed by atoms with Crippen LogP contribution in [0.25, 0.3) is 5.65 Å². The minimum Gasteiger partial charge on any atom is -0.347 e. The number of fused-ring (bicyclic) bond motifs is 3. The van der Waals surface area contributed by atoms with E-state index in [1.165, 1.54) is 24.1 Å². The second kappa shape index (κ2) is 5.53. The molecule has 0 bridgehead atoms. The molecule has 1 aliphatic rings. The predicted molar refractivity (Wildman–Crippen MR) is 85.1 cm³/mol. The van der Waals surface area contributed by atoms with E-state index in [0.717, 1.165) is 17.7 Å². The summed E-state index contributed by atoms with van der Waals surface area (Å²) >= 11 is 1.63. The van der Waals surface area contributed by atoms with Crippen molar-refractivity contribution in [3.63, 3.8) is 0 Å². The van der Waals surface area contributed by atoms with Gasteiger partial charge in [0.15, 0.2) is 5.65 Å². The molecule has 3 aromatic heterocycles. The number of amides is 1. The smallest absolute Gasteiger partial charge is 0.257 e. The highest BCUT2D eigenvalue weighted by atomic mass is 32.1. The van der Waals surface area contributed by atoms with E-state index in [2.05, 4.69) is 15.4 Å². The molecule has 0 unspecified atom stereocenters. The van der Waals surface area contributed by atoms with E-state index >= 15 is 0 Å². The SMILES string of the molecule is O=C(NCc1cccs1)c1cnn2c3c(cnc12)CCCC3. The molecule has 6 heteroatoms. The van der Waals surface area contributed by atoms with Crippen molar-refractivity contribution in [1.29, 1.82) is 0 Å². The Morgan fingerprint density at radius 2 is 2.23 bits per heavy atom. The van der Waals surface area contributed by atoms with Crippen molar-refractivity contribution in [2.24, 2.45) is 0 Å². The molecule has 22 heavy (non-hydrogen) atoms. The second-order valence-electron chi connectivity index (χ2n) is 5.49. The maximum Gasteiger partial charge on any atom is 0.257 e. The third-order valence-electron chi connectivity index (χ3n) is 4.07. The summed E-state index contributed by atoms with van der Waals surface area (Å²) in [5.41, 5.74) is 3.66. The molecule has 0 radical (unpaired) electrons. The normalized spacial score (nSPS) is 14.0. The molecule has 5 nitrogen and oxygen atoms in total. The van der Waals surface area contributed by atoms with E-state index < -0.39 is 0 Å². The van der Waals surface area contributed by atoms with E-state index in [-0.39, 0.29) is 5.91 Å². The number of carbonyl (C=O) groups is 1. The highest BCUT2D eigenvalue weighted by Crippen LogP contribution is 2.22. The minimum absolute atomic E-state index is 0.119. The van der Waals surface area contributed by atoms with Crippen LogP contribution in [0.15, 0.2) is 29.9 Å². The Bertz CT molecular complexity index is 822. The van der Waals surface area contributed by atoms with Crippen molar-refractivity contribution in [2.75, 3.05) is 0 Å². The van der Waals surface area contributed by atoms with Gasteiger partial charge < -0.3 is 5.32 Å². The Morgan fingerprint density at radius 3 is 3.09 bits per heavy atom. The van der Waals surface area contributed by atoms with Crippen molar-refractivity contribution < 1.29 is 4.79 Å². The molecule has 1 aliphatic carbocycles. The lowest BCUT2D eigenvalue weighted by Crippen LogP contribution is -2.22. The summed E-state index contributed by atoms with van der Waals surface area (Å²) in [7, 11) is 0. The molecule has 0 aromatic carbocycles. The van der Waals surface area contributed by atoms with Crippen LogP contribution >= 0.6 is 11.3 Å². The fourth-order valence-electron chi connectivity index (χ4n) is 2.93. The number of aromatic nitrogens is 3. The van der Waals surface area contributed by atoms with Gasteiger partial charge in [0.1, 0.15) is 5.56 Å². The van der Waals surface area contributed by atoms with Crippen molar-refractivity contribution in [3.8, 4) is 0 Å². The van der Waals surface area contributed by atoms with Crippen LogP contribution in [0.4, 0.5) is 0 Å². The molecule has 0 fully saturated rings. The average Bonchev–Trinajstić information content (AvgIpc) is 3.22. The summed E-state index contributed by atoms with van der Waals surface area (Å²) in [5.74, 6) is -0.119. The Balaban J connectivity index is 1.63. The maximum absolute atomic E-state index is 12.4. The lowest BCUT2D eigenvalue weighted by atomic mass is 9.97. The molecular formula is C16H16N4OS. The van der Waals surface area contributed by atoms with Gasteiger partial charge in [-0.1, -0.05) is 6.07 Å². The molecular weight excluding hydrogens is 296 g/mol. The standard InChI is InChI=1S/C16H16N4OS/c21-16(18-9-12-5-3-7-22-12)13-10-19-20-14-6-2-1-4-11(14)8-17-15(13)20/h3,5,7-8,10H,1-2,4,6,9H2,(H,18,21). The van der Waals surface area contributed by atoms with Crippen molar-refractivity contribution in [3.05, 3.63) is 51.6 Å². The van der Waals surface area contributed by atoms with Crippen LogP contribution < -0.4 is 5.32 Å². The Morgan fingerprint density at radius 1 is 1.32 bits per heavy atom. The topological polar surface area (TPSA) is 59.3 Å². The molecule has 1 amide bonds. The van der Waals surface area contributed by atoms with Crippen molar-refractivity contribution in [1.82, 2.24) is 19.9 Å². The summed E-state index contributed by atoms with van der Waals surface area (Å²) in [6.07, 6.45) is 7.97. The Labute approximate surface area is 132 Å². The zero-order chi connectivity index (χ0) is 14.9. The number of rotatable bonds is 3. The van der Waals surface area contributed by atoms with Crippen LogP contribution in [-0.4, -0.2) is 20.5 Å². The number of thiophene rings is 1. The quantitative estimate of drug-likeness (QED) is 0.808. The number of hydrogen-bond acceptors (Lipinski definition) is 4. The summed E-state index contributed by atoms with van der Waals surface area (Å²) in [4.78, 5) is 18.0. The largest absolute Gasteiger partial charge is 0.347 e. The predicted octanol–water partition coefficient (Wildman–Crippen LogP) is 2.60. The highest BCUT2D eigenvalue weighted by Gasteiger charge is 2.19. The maximum atomic E-state index is 12.4. The first-order valence-electron chi connectivity index (χ1n) is 7.48. The van der Waals surface area contributed by atoms with Gasteiger partial charge in [-0.3, -0.25) is 4.79 Å². The molecule has 0 atom stereocenters. The molecule has 0 saturated heterocycles. The molecule has 0 aliphatic heterocycles. The third kappa shape index (κ3) is 2.29. The average molecular weight is 312 g/mol. The number of carbonyl (C=O) groups excluding carboxylic acids is 1. The van der Waals surface area contributed by atoms with Crippen LogP contribution in [0.3, 0.4) is 0 Å². The lowest BCUT2D eigenvalue weighted by molar-refractivity contribution is 0.0952. The van der Waals surface area contributed by atoms with Crippen LogP contribution in [0.2, 0.25) is 0 Å². The minimum atomic E-state index is -0.119. The van der Waals surface area contributed by atoms with Gasteiger partial charge in [-0.05, 0) is 42.7 Å². The summed E-state index contributed by atoms with van der Waals surface area (Å²) in [6.45, 7) is 0.540. The summed E-state index contributed by atoms with van der Waals surface area (Å²) in [5, 5.41) is 9.34. The van der Waals surface area contributed by atoms with E-state index in [1.807, 2.05) is 28.2 Å². The van der Waals surface area contributed by atoms with Gasteiger partial charge in [-0.15, -0.1) is 11.3 Å². The summed E-state index contributed by atoms with van der Waals surface area (Å²) in [6, 6.07) is 3.99. The van der Waals surface area contributed by atoms with Crippen LogP contribution in [0.5, 0.6) is 0 Å². The van der Waals surface area contributed by atoms with E-state index in [9.17, 15) is 4.79 Å². The molecule has 3 aromatic rings. The zero-order valence-electron chi connectivity index (χ0n) is 12.1. The number of hydrogen-bond donors (Lipinski definition) is 1. The molecule has 3 heterocycles. The Hall–Kier alpha value is -2.21. The van der Waals surface area contributed by atoms with Gasteiger partial charge in [-0.2, -0.15) is 5.10 Å².